The molecule has 1 aliphatic heterocycles. The number of nitrogens with zero attached hydrogens (tertiary/aromatic N) is 1. The highest BCUT2D eigenvalue weighted by atomic mass is 32.2. The molecule has 2 fully saturated rings. The summed E-state index contributed by atoms with van der Waals surface area (Å²) < 4.78 is 18.4. The van der Waals surface area contributed by atoms with Crippen LogP contribution in [0.1, 0.15) is 53.6 Å². The van der Waals surface area contributed by atoms with Crippen LogP contribution in [0.3, 0.4) is 0 Å². The number of amides is 2. The molecule has 2 atom stereocenters. The van der Waals surface area contributed by atoms with Crippen molar-refractivity contribution in [2.24, 2.45) is 0 Å². The molecule has 34 heavy (non-hydrogen) atoms. The molecule has 0 spiro atoms. The number of halogens is 1. The molecular weight excluding hydrogens is 451 g/mol. The minimum absolute atomic E-state index is 0.0254. The summed E-state index contributed by atoms with van der Waals surface area (Å²) in [5.41, 5.74) is 2.42. The van der Waals surface area contributed by atoms with Gasteiger partial charge in [-0.2, -0.15) is 0 Å². The van der Waals surface area contributed by atoms with Crippen LogP contribution >= 0.6 is 11.8 Å². The van der Waals surface area contributed by atoms with Gasteiger partial charge in [-0.1, -0.05) is 37.1 Å². The summed E-state index contributed by atoms with van der Waals surface area (Å²) in [6.45, 7) is 1.66. The van der Waals surface area contributed by atoms with Gasteiger partial charge >= 0.3 is 0 Å². The Morgan fingerprint density at radius 2 is 1.88 bits per heavy atom. The predicted octanol–water partition coefficient (Wildman–Crippen LogP) is 5.02. The van der Waals surface area contributed by atoms with Crippen LogP contribution in [0.5, 0.6) is 0 Å². The lowest BCUT2D eigenvalue weighted by atomic mass is 9.92. The van der Waals surface area contributed by atoms with E-state index in [0.717, 1.165) is 41.7 Å². The molecule has 5 nitrogen and oxygen atoms in total. The van der Waals surface area contributed by atoms with Gasteiger partial charge in [0.2, 0.25) is 0 Å². The average Bonchev–Trinajstić information content (AvgIpc) is 2.86. The van der Waals surface area contributed by atoms with Gasteiger partial charge in [0, 0.05) is 43.7 Å². The van der Waals surface area contributed by atoms with E-state index in [0.29, 0.717) is 30.5 Å². The van der Waals surface area contributed by atoms with E-state index in [1.807, 2.05) is 23.1 Å². The first-order valence-corrected chi connectivity index (χ1v) is 12.7. The normalized spacial score (nSPS) is 21.4. The van der Waals surface area contributed by atoms with E-state index >= 15 is 0 Å². The van der Waals surface area contributed by atoms with Crippen molar-refractivity contribution >= 4 is 29.7 Å². The van der Waals surface area contributed by atoms with Crippen LogP contribution in [0.4, 0.5) is 4.39 Å². The summed E-state index contributed by atoms with van der Waals surface area (Å²) in [6, 6.07) is 13.9. The quantitative estimate of drug-likeness (QED) is 0.424. The predicted molar refractivity (Wildman–Crippen MR) is 134 cm³/mol. The SMILES string of the molecule is COCCCNC(=O)c1ccc(/C=C2\SC3CCCCC3N(Cc3ccc(F)cc3)C2=O)cc1. The standard InChI is InChI=1S/C27H31FN2O3S/c1-33-16-4-15-29-26(31)21-11-7-19(8-12-21)17-25-27(32)30(18-20-9-13-22(28)14-10-20)23-5-2-3-6-24(23)34-25/h7-14,17,23-24H,2-6,15-16,18H2,1H3,(H,29,31)/b25-17-. The minimum atomic E-state index is -0.271. The Bertz CT molecular complexity index is 1020. The topological polar surface area (TPSA) is 58.6 Å². The van der Waals surface area contributed by atoms with Crippen LogP contribution in [0.15, 0.2) is 53.4 Å². The van der Waals surface area contributed by atoms with Crippen LogP contribution in [-0.4, -0.2) is 48.3 Å². The van der Waals surface area contributed by atoms with Crippen molar-refractivity contribution in [2.45, 2.75) is 49.9 Å². The maximum absolute atomic E-state index is 13.5. The molecule has 2 aromatic carbocycles. The molecule has 0 bridgehead atoms. The van der Waals surface area contributed by atoms with E-state index < -0.39 is 0 Å². The van der Waals surface area contributed by atoms with Crippen LogP contribution in [0, 0.1) is 5.82 Å². The summed E-state index contributed by atoms with van der Waals surface area (Å²) in [6.07, 6.45) is 7.09. The third-order valence-corrected chi connectivity index (χ3v) is 7.76. The number of nitrogens with one attached hydrogen (secondary N) is 1. The average molecular weight is 483 g/mol. The number of fused-ring (bicyclic) bond motifs is 1. The van der Waals surface area contributed by atoms with Crippen molar-refractivity contribution in [2.75, 3.05) is 20.3 Å². The first-order chi connectivity index (χ1) is 16.5. The summed E-state index contributed by atoms with van der Waals surface area (Å²) in [5, 5.41) is 3.25. The van der Waals surface area contributed by atoms with Crippen molar-refractivity contribution < 1.29 is 18.7 Å². The molecule has 2 aliphatic rings. The Hall–Kier alpha value is -2.64. The molecule has 0 radical (unpaired) electrons. The van der Waals surface area contributed by atoms with E-state index in [1.54, 1.807) is 43.1 Å². The Kier molecular flexibility index (Phi) is 8.40. The summed E-state index contributed by atoms with van der Waals surface area (Å²) >= 11 is 1.68. The molecule has 180 valence electrons. The number of carbonyl (C=O) groups excluding carboxylic acids is 2. The highest BCUT2D eigenvalue weighted by Gasteiger charge is 2.40. The first-order valence-electron chi connectivity index (χ1n) is 11.9. The molecule has 2 amide bonds. The second-order valence-corrected chi connectivity index (χ2v) is 10.1. The zero-order chi connectivity index (χ0) is 23.9. The summed E-state index contributed by atoms with van der Waals surface area (Å²) in [7, 11) is 1.64. The largest absolute Gasteiger partial charge is 0.385 e. The number of hydrogen-bond donors (Lipinski definition) is 1. The van der Waals surface area contributed by atoms with Crippen molar-refractivity contribution in [3.8, 4) is 0 Å². The molecule has 1 saturated heterocycles. The molecule has 1 aliphatic carbocycles. The van der Waals surface area contributed by atoms with Gasteiger partial charge < -0.3 is 15.0 Å². The lowest BCUT2D eigenvalue weighted by Gasteiger charge is -2.44. The molecule has 0 aromatic heterocycles. The molecule has 4 rings (SSSR count). The van der Waals surface area contributed by atoms with Crippen LogP contribution in [-0.2, 0) is 16.1 Å². The van der Waals surface area contributed by atoms with Crippen molar-refractivity contribution in [1.82, 2.24) is 10.2 Å². The van der Waals surface area contributed by atoms with E-state index in [-0.39, 0.29) is 23.7 Å². The smallest absolute Gasteiger partial charge is 0.260 e. The first kappa shape index (κ1) is 24.5. The Morgan fingerprint density at radius 1 is 1.15 bits per heavy atom. The van der Waals surface area contributed by atoms with Gasteiger partial charge in [0.1, 0.15) is 5.82 Å². The Morgan fingerprint density at radius 3 is 2.62 bits per heavy atom. The van der Waals surface area contributed by atoms with Gasteiger partial charge in [-0.15, -0.1) is 11.8 Å². The fourth-order valence-corrected chi connectivity index (χ4v) is 6.02. The molecule has 2 aromatic rings. The maximum atomic E-state index is 13.5. The lowest BCUT2D eigenvalue weighted by molar-refractivity contribution is -0.130. The van der Waals surface area contributed by atoms with Gasteiger partial charge in [-0.25, -0.2) is 4.39 Å². The van der Waals surface area contributed by atoms with E-state index in [4.69, 9.17) is 4.74 Å². The highest BCUT2D eigenvalue weighted by molar-refractivity contribution is 8.04. The summed E-state index contributed by atoms with van der Waals surface area (Å²) in [4.78, 5) is 28.5. The number of benzene rings is 2. The molecule has 1 saturated carbocycles. The molecule has 1 N–H and O–H groups in total. The Labute approximate surface area is 204 Å². The van der Waals surface area contributed by atoms with E-state index in [9.17, 15) is 14.0 Å². The minimum Gasteiger partial charge on any atom is -0.385 e. The monoisotopic (exact) mass is 482 g/mol. The number of methoxy groups -OCH3 is 1. The molecular formula is C27H31FN2O3S. The van der Waals surface area contributed by atoms with Crippen LogP contribution < -0.4 is 5.32 Å². The maximum Gasteiger partial charge on any atom is 0.260 e. The van der Waals surface area contributed by atoms with Gasteiger partial charge in [0.05, 0.1) is 4.91 Å². The fourth-order valence-electron chi connectivity index (χ4n) is 4.55. The lowest BCUT2D eigenvalue weighted by Crippen LogP contribution is -2.50. The van der Waals surface area contributed by atoms with E-state index in [2.05, 4.69) is 5.32 Å². The van der Waals surface area contributed by atoms with Crippen LogP contribution in [0.2, 0.25) is 0 Å². The third kappa shape index (κ3) is 6.07. The number of carbonyl (C=O) groups is 2. The van der Waals surface area contributed by atoms with Gasteiger partial charge in [-0.3, -0.25) is 9.59 Å². The van der Waals surface area contributed by atoms with Crippen molar-refractivity contribution in [3.63, 3.8) is 0 Å². The fraction of sp³-hybridized carbons (Fsp3) is 0.407. The molecule has 7 heteroatoms. The number of ether oxygens (including phenoxy) is 1. The summed E-state index contributed by atoms with van der Waals surface area (Å²) in [5.74, 6) is -0.362. The zero-order valence-electron chi connectivity index (χ0n) is 19.5. The van der Waals surface area contributed by atoms with Gasteiger partial charge in [-0.05, 0) is 60.7 Å². The Balaban J connectivity index is 1.48. The van der Waals surface area contributed by atoms with Crippen LogP contribution in [0.25, 0.3) is 6.08 Å². The number of rotatable bonds is 8. The molecule has 1 heterocycles. The highest BCUT2D eigenvalue weighted by Crippen LogP contribution is 2.42. The second kappa shape index (κ2) is 11.7. The van der Waals surface area contributed by atoms with Crippen molar-refractivity contribution in [3.05, 3.63) is 75.9 Å². The zero-order valence-corrected chi connectivity index (χ0v) is 20.3. The third-order valence-electron chi connectivity index (χ3n) is 6.37. The van der Waals surface area contributed by atoms with Crippen molar-refractivity contribution in [1.29, 1.82) is 0 Å². The number of hydrogen-bond acceptors (Lipinski definition) is 4. The van der Waals surface area contributed by atoms with E-state index in [1.165, 1.54) is 18.6 Å². The molecule has 2 unspecified atom stereocenters. The number of thioether (sulfide) groups is 1. The van der Waals surface area contributed by atoms with Gasteiger partial charge in [0.15, 0.2) is 0 Å². The second-order valence-electron chi connectivity index (χ2n) is 8.80. The van der Waals surface area contributed by atoms with Gasteiger partial charge in [0.25, 0.3) is 11.8 Å².